The van der Waals surface area contributed by atoms with Crippen LogP contribution in [0.2, 0.25) is 0 Å². The molecule has 1 saturated heterocycles. The van der Waals surface area contributed by atoms with Gasteiger partial charge in [0, 0.05) is 37.9 Å². The first-order valence-corrected chi connectivity index (χ1v) is 7.76. The molecular formula is C15H26Cl2N4O. The van der Waals surface area contributed by atoms with Gasteiger partial charge in [0.15, 0.2) is 0 Å². The van der Waals surface area contributed by atoms with Gasteiger partial charge in [-0.05, 0) is 37.7 Å². The summed E-state index contributed by atoms with van der Waals surface area (Å²) in [6, 6.07) is 2.50. The minimum absolute atomic E-state index is 0. The van der Waals surface area contributed by atoms with Crippen molar-refractivity contribution in [1.82, 2.24) is 14.7 Å². The lowest BCUT2D eigenvalue weighted by atomic mass is 9.98. The Labute approximate surface area is 144 Å². The second-order valence-electron chi connectivity index (χ2n) is 6.18. The van der Waals surface area contributed by atoms with Gasteiger partial charge in [-0.1, -0.05) is 6.42 Å². The molecule has 2 N–H and O–H groups in total. The Hall–Kier alpha value is -0.780. The van der Waals surface area contributed by atoms with Crippen molar-refractivity contribution in [2.45, 2.75) is 50.6 Å². The average molecular weight is 349 g/mol. The first-order chi connectivity index (χ1) is 9.74. The fraction of sp³-hybridized carbons (Fsp3) is 0.733. The fourth-order valence-corrected chi connectivity index (χ4v) is 3.57. The molecule has 1 saturated carbocycles. The summed E-state index contributed by atoms with van der Waals surface area (Å²) in [7, 11) is 0. The zero-order valence-electron chi connectivity index (χ0n) is 12.8. The van der Waals surface area contributed by atoms with E-state index in [1.165, 1.54) is 6.42 Å². The van der Waals surface area contributed by atoms with Crippen LogP contribution in [0.3, 0.4) is 0 Å². The molecule has 1 aliphatic carbocycles. The second kappa shape index (κ2) is 8.75. The second-order valence-corrected chi connectivity index (χ2v) is 6.18. The summed E-state index contributed by atoms with van der Waals surface area (Å²) in [5.41, 5.74) is 6.08. The first kappa shape index (κ1) is 19.3. The van der Waals surface area contributed by atoms with Gasteiger partial charge in [0.1, 0.15) is 0 Å². The van der Waals surface area contributed by atoms with Crippen LogP contribution in [-0.2, 0) is 4.79 Å². The van der Waals surface area contributed by atoms with E-state index >= 15 is 0 Å². The third-order valence-corrected chi connectivity index (χ3v) is 4.80. The predicted octanol–water partition coefficient (Wildman–Crippen LogP) is 2.41. The van der Waals surface area contributed by atoms with E-state index in [0.717, 1.165) is 38.8 Å². The molecule has 1 unspecified atom stereocenters. The number of rotatable bonds is 3. The largest absolute Gasteiger partial charge is 0.341 e. The number of hydrogen-bond donors (Lipinski definition) is 1. The number of carbonyl (C=O) groups excluding carboxylic acids is 1. The summed E-state index contributed by atoms with van der Waals surface area (Å²) in [6.07, 6.45) is 9.96. The van der Waals surface area contributed by atoms with E-state index in [0.29, 0.717) is 18.4 Å². The van der Waals surface area contributed by atoms with Crippen LogP contribution in [-0.4, -0.2) is 39.7 Å². The zero-order valence-corrected chi connectivity index (χ0v) is 14.4. The lowest BCUT2D eigenvalue weighted by Crippen LogP contribution is -2.42. The van der Waals surface area contributed by atoms with Gasteiger partial charge >= 0.3 is 0 Å². The van der Waals surface area contributed by atoms with Crippen LogP contribution in [0.15, 0.2) is 18.5 Å². The van der Waals surface area contributed by atoms with Gasteiger partial charge in [-0.15, -0.1) is 24.8 Å². The Bertz CT molecular complexity index is 454. The summed E-state index contributed by atoms with van der Waals surface area (Å²) in [5, 5.41) is 4.31. The van der Waals surface area contributed by atoms with Crippen LogP contribution in [0.1, 0.15) is 44.6 Å². The molecule has 2 heterocycles. The van der Waals surface area contributed by atoms with Crippen LogP contribution < -0.4 is 5.73 Å². The van der Waals surface area contributed by atoms with Crippen molar-refractivity contribution in [3.05, 3.63) is 18.5 Å². The molecule has 3 rings (SSSR count). The monoisotopic (exact) mass is 348 g/mol. The smallest absolute Gasteiger partial charge is 0.222 e. The molecule has 22 heavy (non-hydrogen) atoms. The lowest BCUT2D eigenvalue weighted by molar-refractivity contribution is -0.134. The maximum absolute atomic E-state index is 12.5. The molecule has 7 heteroatoms. The number of likely N-dealkylation sites (tertiary alicyclic amines) is 1. The maximum atomic E-state index is 12.5. The number of halogens is 2. The molecule has 0 radical (unpaired) electrons. The van der Waals surface area contributed by atoms with Crippen molar-refractivity contribution in [2.75, 3.05) is 13.1 Å². The zero-order chi connectivity index (χ0) is 13.9. The summed E-state index contributed by atoms with van der Waals surface area (Å²) in [6.45, 7) is 1.68. The maximum Gasteiger partial charge on any atom is 0.222 e. The number of piperidine rings is 1. The van der Waals surface area contributed by atoms with E-state index < -0.39 is 0 Å². The molecule has 1 amide bonds. The number of amides is 1. The Morgan fingerprint density at radius 3 is 2.68 bits per heavy atom. The number of carbonyl (C=O) groups is 1. The predicted molar refractivity (Wildman–Crippen MR) is 91.5 cm³/mol. The van der Waals surface area contributed by atoms with Crippen LogP contribution >= 0.6 is 24.8 Å². The van der Waals surface area contributed by atoms with Crippen LogP contribution in [0, 0.1) is 5.92 Å². The summed E-state index contributed by atoms with van der Waals surface area (Å²) in [4.78, 5) is 14.5. The van der Waals surface area contributed by atoms with Crippen molar-refractivity contribution in [2.24, 2.45) is 11.7 Å². The van der Waals surface area contributed by atoms with Crippen LogP contribution in [0.4, 0.5) is 0 Å². The fourth-order valence-electron chi connectivity index (χ4n) is 3.57. The molecular weight excluding hydrogens is 323 g/mol. The molecule has 1 aromatic rings. The Morgan fingerprint density at radius 1 is 1.23 bits per heavy atom. The average Bonchev–Trinajstić information content (AvgIpc) is 3.12. The molecule has 5 nitrogen and oxygen atoms in total. The van der Waals surface area contributed by atoms with Crippen molar-refractivity contribution in [3.63, 3.8) is 0 Å². The molecule has 126 valence electrons. The molecule has 0 aromatic carbocycles. The van der Waals surface area contributed by atoms with Gasteiger partial charge in [0.05, 0.1) is 6.04 Å². The normalized spacial score (nSPS) is 27.9. The topological polar surface area (TPSA) is 64.2 Å². The van der Waals surface area contributed by atoms with Crippen molar-refractivity contribution in [3.8, 4) is 0 Å². The van der Waals surface area contributed by atoms with Crippen molar-refractivity contribution >= 4 is 30.7 Å². The van der Waals surface area contributed by atoms with Gasteiger partial charge in [-0.2, -0.15) is 5.10 Å². The molecule has 1 aromatic heterocycles. The van der Waals surface area contributed by atoms with E-state index in [2.05, 4.69) is 5.10 Å². The molecule has 2 fully saturated rings. The number of hydrogen-bond acceptors (Lipinski definition) is 3. The van der Waals surface area contributed by atoms with Gasteiger partial charge < -0.3 is 10.6 Å². The van der Waals surface area contributed by atoms with E-state index in [-0.39, 0.29) is 36.8 Å². The minimum Gasteiger partial charge on any atom is -0.341 e. The van der Waals surface area contributed by atoms with Crippen molar-refractivity contribution < 1.29 is 4.79 Å². The highest BCUT2D eigenvalue weighted by molar-refractivity contribution is 5.85. The quantitative estimate of drug-likeness (QED) is 0.911. The van der Waals surface area contributed by atoms with E-state index in [1.54, 1.807) is 6.20 Å². The van der Waals surface area contributed by atoms with Gasteiger partial charge in [-0.3, -0.25) is 9.48 Å². The molecule has 3 atom stereocenters. The highest BCUT2D eigenvalue weighted by atomic mass is 35.5. The summed E-state index contributed by atoms with van der Waals surface area (Å²) < 4.78 is 1.99. The Kier molecular flexibility index (Phi) is 7.66. The standard InChI is InChI=1S/C15H24N4O.2ClH/c16-14-6-1-4-12(14)10-15(20)18-8-2-5-13(11-18)19-9-3-7-17-19;;/h3,7,9,12-14H,1-2,4-6,8,10-11,16H2;2*1H/t12-,13?,14+;;/m0../s1. The van der Waals surface area contributed by atoms with Crippen LogP contribution in [0.25, 0.3) is 0 Å². The summed E-state index contributed by atoms with van der Waals surface area (Å²) >= 11 is 0. The Balaban J connectivity index is 0.00000121. The highest BCUT2D eigenvalue weighted by Gasteiger charge is 2.30. The number of nitrogens with zero attached hydrogens (tertiary/aromatic N) is 3. The number of aromatic nitrogens is 2. The van der Waals surface area contributed by atoms with Crippen LogP contribution in [0.5, 0.6) is 0 Å². The Morgan fingerprint density at radius 2 is 2.05 bits per heavy atom. The highest BCUT2D eigenvalue weighted by Crippen LogP contribution is 2.28. The minimum atomic E-state index is 0. The van der Waals surface area contributed by atoms with E-state index in [1.807, 2.05) is 21.8 Å². The third-order valence-electron chi connectivity index (χ3n) is 4.80. The molecule has 1 aliphatic heterocycles. The number of nitrogens with two attached hydrogens (primary N) is 1. The van der Waals surface area contributed by atoms with Gasteiger partial charge in [0.2, 0.25) is 5.91 Å². The lowest BCUT2D eigenvalue weighted by Gasteiger charge is -2.33. The van der Waals surface area contributed by atoms with Gasteiger partial charge in [-0.25, -0.2) is 0 Å². The molecule has 0 bridgehead atoms. The van der Waals surface area contributed by atoms with E-state index in [9.17, 15) is 4.79 Å². The molecule has 2 aliphatic rings. The first-order valence-electron chi connectivity index (χ1n) is 7.76. The summed E-state index contributed by atoms with van der Waals surface area (Å²) in [5.74, 6) is 0.678. The van der Waals surface area contributed by atoms with Gasteiger partial charge in [0.25, 0.3) is 0 Å². The molecule has 0 spiro atoms. The van der Waals surface area contributed by atoms with Crippen molar-refractivity contribution in [1.29, 1.82) is 0 Å². The third kappa shape index (κ3) is 4.37. The van der Waals surface area contributed by atoms with E-state index in [4.69, 9.17) is 5.73 Å². The SMILES string of the molecule is Cl.Cl.N[C@@H]1CCC[C@H]1CC(=O)N1CCCC(n2cccn2)C1.